The molecular formula is C30H35N3O4S. The molecule has 0 amide bonds. The van der Waals surface area contributed by atoms with Gasteiger partial charge in [-0.05, 0) is 74.2 Å². The summed E-state index contributed by atoms with van der Waals surface area (Å²) in [5.41, 5.74) is 2.79. The summed E-state index contributed by atoms with van der Waals surface area (Å²) in [7, 11) is -2.36. The molecule has 0 radical (unpaired) electrons. The van der Waals surface area contributed by atoms with Gasteiger partial charge in [-0.3, -0.25) is 9.36 Å². The number of fused-ring (bicyclic) bond motifs is 1. The van der Waals surface area contributed by atoms with Crippen LogP contribution in [0.15, 0.2) is 76.4 Å². The van der Waals surface area contributed by atoms with Crippen LogP contribution in [-0.2, 0) is 15.4 Å². The molecule has 1 aromatic heterocycles. The second-order valence-electron chi connectivity index (χ2n) is 10.5. The summed E-state index contributed by atoms with van der Waals surface area (Å²) in [5.74, 6) is 0.904. The van der Waals surface area contributed by atoms with Crippen LogP contribution >= 0.6 is 0 Å². The molecule has 1 heterocycles. The highest BCUT2D eigenvalue weighted by atomic mass is 32.2. The summed E-state index contributed by atoms with van der Waals surface area (Å²) in [6.07, 6.45) is 0. The van der Waals surface area contributed by atoms with E-state index in [2.05, 4.69) is 20.8 Å². The molecular weight excluding hydrogens is 498 g/mol. The van der Waals surface area contributed by atoms with Crippen molar-refractivity contribution in [2.75, 3.05) is 13.7 Å². The van der Waals surface area contributed by atoms with Crippen LogP contribution in [0.4, 0.5) is 0 Å². The molecule has 4 rings (SSSR count). The predicted molar refractivity (Wildman–Crippen MR) is 152 cm³/mol. The van der Waals surface area contributed by atoms with Crippen molar-refractivity contribution in [3.8, 4) is 11.4 Å². The molecule has 38 heavy (non-hydrogen) atoms. The monoisotopic (exact) mass is 533 g/mol. The first-order chi connectivity index (χ1) is 17.8. The molecule has 200 valence electrons. The number of sulfonamides is 1. The first-order valence-electron chi connectivity index (χ1n) is 12.7. The third-order valence-corrected chi connectivity index (χ3v) is 8.73. The zero-order valence-electron chi connectivity index (χ0n) is 23.0. The normalized spacial score (nSPS) is 13.2. The van der Waals surface area contributed by atoms with Crippen molar-refractivity contribution in [2.24, 2.45) is 0 Å². The molecule has 0 aliphatic rings. The van der Waals surface area contributed by atoms with Gasteiger partial charge in [-0.25, -0.2) is 13.4 Å². The lowest BCUT2D eigenvalue weighted by atomic mass is 9.87. The van der Waals surface area contributed by atoms with Gasteiger partial charge in [0.05, 0.1) is 34.1 Å². The molecule has 3 aromatic carbocycles. The second kappa shape index (κ2) is 10.3. The fraction of sp³-hybridized carbons (Fsp3) is 0.333. The maximum absolute atomic E-state index is 13.9. The summed E-state index contributed by atoms with van der Waals surface area (Å²) < 4.78 is 35.7. The quantitative estimate of drug-likeness (QED) is 0.301. The number of hydrogen-bond donors (Lipinski definition) is 0. The number of rotatable bonds is 7. The first kappa shape index (κ1) is 27.5. The second-order valence-corrected chi connectivity index (χ2v) is 12.5. The minimum absolute atomic E-state index is 0.0946. The van der Waals surface area contributed by atoms with E-state index in [4.69, 9.17) is 9.72 Å². The van der Waals surface area contributed by atoms with Crippen molar-refractivity contribution < 1.29 is 13.2 Å². The van der Waals surface area contributed by atoms with Crippen molar-refractivity contribution in [3.05, 3.63) is 94.0 Å². The van der Waals surface area contributed by atoms with Gasteiger partial charge in [0.1, 0.15) is 11.6 Å². The lowest BCUT2D eigenvalue weighted by Gasteiger charge is -2.27. The largest absolute Gasteiger partial charge is 0.494 e. The Balaban J connectivity index is 1.86. The van der Waals surface area contributed by atoms with Crippen molar-refractivity contribution in [1.29, 1.82) is 0 Å². The van der Waals surface area contributed by atoms with Crippen LogP contribution in [0.3, 0.4) is 0 Å². The van der Waals surface area contributed by atoms with Crippen molar-refractivity contribution in [1.82, 2.24) is 13.9 Å². The third-order valence-electron chi connectivity index (χ3n) is 6.79. The Bertz CT molecular complexity index is 1620. The van der Waals surface area contributed by atoms with Gasteiger partial charge in [-0.2, -0.15) is 4.31 Å². The summed E-state index contributed by atoms with van der Waals surface area (Å²) in [6.45, 7) is 12.3. The minimum atomic E-state index is -3.88. The van der Waals surface area contributed by atoms with Gasteiger partial charge < -0.3 is 4.74 Å². The Labute approximate surface area is 224 Å². The highest BCUT2D eigenvalue weighted by Gasteiger charge is 2.30. The third kappa shape index (κ3) is 5.24. The van der Waals surface area contributed by atoms with Crippen molar-refractivity contribution in [2.45, 2.75) is 57.9 Å². The Kier molecular flexibility index (Phi) is 7.50. The van der Waals surface area contributed by atoms with E-state index < -0.39 is 16.1 Å². The fourth-order valence-electron chi connectivity index (χ4n) is 4.33. The summed E-state index contributed by atoms with van der Waals surface area (Å²) >= 11 is 0. The molecule has 7 nitrogen and oxygen atoms in total. The fourth-order valence-corrected chi connectivity index (χ4v) is 5.65. The van der Waals surface area contributed by atoms with Gasteiger partial charge >= 0.3 is 0 Å². The van der Waals surface area contributed by atoms with E-state index in [1.54, 1.807) is 37.3 Å². The molecule has 1 atom stereocenters. The highest BCUT2D eigenvalue weighted by Crippen LogP contribution is 2.29. The smallest absolute Gasteiger partial charge is 0.266 e. The van der Waals surface area contributed by atoms with E-state index in [0.717, 1.165) is 11.1 Å². The number of ether oxygens (including phenoxy) is 1. The van der Waals surface area contributed by atoms with Gasteiger partial charge in [0.2, 0.25) is 10.0 Å². The maximum atomic E-state index is 13.9. The van der Waals surface area contributed by atoms with E-state index >= 15 is 0 Å². The Hall–Kier alpha value is -3.49. The zero-order chi connectivity index (χ0) is 27.8. The SMILES string of the molecule is CCOc1ccc2nc(C(C)N(C)S(=O)(=O)c3ccc(C(C)(C)C)cc3)n(-c3ccc(C)cc3)c(=O)c2c1. The Morgan fingerprint density at radius 1 is 1.00 bits per heavy atom. The molecule has 0 aliphatic carbocycles. The molecule has 8 heteroatoms. The Morgan fingerprint density at radius 3 is 2.21 bits per heavy atom. The maximum Gasteiger partial charge on any atom is 0.266 e. The molecule has 0 aliphatic heterocycles. The molecule has 0 spiro atoms. The lowest BCUT2D eigenvalue weighted by molar-refractivity contribution is 0.340. The number of hydrogen-bond acceptors (Lipinski definition) is 5. The molecule has 0 bridgehead atoms. The number of aryl methyl sites for hydroxylation is 1. The van der Waals surface area contributed by atoms with Crippen LogP contribution in [0, 0.1) is 6.92 Å². The van der Waals surface area contributed by atoms with Crippen LogP contribution in [0.5, 0.6) is 5.75 Å². The number of nitrogens with zero attached hydrogens (tertiary/aromatic N) is 3. The average Bonchev–Trinajstić information content (AvgIpc) is 2.88. The van der Waals surface area contributed by atoms with E-state index in [0.29, 0.717) is 34.8 Å². The van der Waals surface area contributed by atoms with Crippen LogP contribution in [0.25, 0.3) is 16.6 Å². The zero-order valence-corrected chi connectivity index (χ0v) is 23.8. The standard InChI is InChI=1S/C30H35N3O4S/c1-8-37-24-15-18-27-26(19-24)29(34)33(23-13-9-20(2)10-14-23)28(31-27)21(3)32(7)38(35,36)25-16-11-22(12-17-25)30(4,5)6/h9-19,21H,8H2,1-7H3. The van der Waals surface area contributed by atoms with Crippen LogP contribution < -0.4 is 10.3 Å². The van der Waals surface area contributed by atoms with Crippen LogP contribution in [0.1, 0.15) is 57.6 Å². The summed E-state index contributed by atoms with van der Waals surface area (Å²) in [6, 6.07) is 18.9. The number of benzene rings is 3. The summed E-state index contributed by atoms with van der Waals surface area (Å²) in [4.78, 5) is 18.9. The molecule has 0 saturated carbocycles. The van der Waals surface area contributed by atoms with Gasteiger partial charge in [-0.15, -0.1) is 0 Å². The summed E-state index contributed by atoms with van der Waals surface area (Å²) in [5, 5.41) is 0.399. The predicted octanol–water partition coefficient (Wildman–Crippen LogP) is 5.77. The van der Waals surface area contributed by atoms with Crippen molar-refractivity contribution in [3.63, 3.8) is 0 Å². The molecule has 0 N–H and O–H groups in total. The van der Waals surface area contributed by atoms with E-state index in [1.165, 1.54) is 15.9 Å². The van der Waals surface area contributed by atoms with E-state index in [1.807, 2.05) is 50.2 Å². The molecule has 0 fully saturated rings. The van der Waals surface area contributed by atoms with Gasteiger partial charge in [0.15, 0.2) is 0 Å². The molecule has 1 unspecified atom stereocenters. The van der Waals surface area contributed by atoms with Gasteiger partial charge in [0, 0.05) is 7.05 Å². The number of aromatic nitrogens is 2. The highest BCUT2D eigenvalue weighted by molar-refractivity contribution is 7.89. The molecule has 4 aromatic rings. The van der Waals surface area contributed by atoms with Gasteiger partial charge in [0.25, 0.3) is 5.56 Å². The first-order valence-corrected chi connectivity index (χ1v) is 14.1. The van der Waals surface area contributed by atoms with Crippen LogP contribution in [-0.4, -0.2) is 35.9 Å². The van der Waals surface area contributed by atoms with E-state index in [9.17, 15) is 13.2 Å². The van der Waals surface area contributed by atoms with E-state index in [-0.39, 0.29) is 15.9 Å². The Morgan fingerprint density at radius 2 is 1.63 bits per heavy atom. The minimum Gasteiger partial charge on any atom is -0.494 e. The lowest BCUT2D eigenvalue weighted by Crippen LogP contribution is -2.35. The van der Waals surface area contributed by atoms with Crippen LogP contribution in [0.2, 0.25) is 0 Å². The topological polar surface area (TPSA) is 81.5 Å². The average molecular weight is 534 g/mol. The van der Waals surface area contributed by atoms with Crippen molar-refractivity contribution >= 4 is 20.9 Å². The van der Waals surface area contributed by atoms with Gasteiger partial charge in [-0.1, -0.05) is 50.6 Å². The molecule has 0 saturated heterocycles.